The third-order valence-corrected chi connectivity index (χ3v) is 4.83. The quantitative estimate of drug-likeness (QED) is 0.499. The van der Waals surface area contributed by atoms with Gasteiger partial charge in [0.15, 0.2) is 0 Å². The van der Waals surface area contributed by atoms with E-state index < -0.39 is 12.0 Å². The summed E-state index contributed by atoms with van der Waals surface area (Å²) < 4.78 is 5.84. The first kappa shape index (κ1) is 22.1. The lowest BCUT2D eigenvalue weighted by Gasteiger charge is -2.09. The van der Waals surface area contributed by atoms with E-state index in [9.17, 15) is 9.59 Å². The Bertz CT molecular complexity index is 1130. The molecule has 158 valence electrons. The summed E-state index contributed by atoms with van der Waals surface area (Å²) in [7, 11) is 0. The highest BCUT2D eigenvalue weighted by Gasteiger charge is 2.23. The fourth-order valence-corrected chi connectivity index (χ4v) is 3.25. The average molecular weight is 437 g/mol. The second kappa shape index (κ2) is 9.47. The third kappa shape index (κ3) is 5.12. The highest BCUT2D eigenvalue weighted by Crippen LogP contribution is 2.33. The standard InChI is InChI=1S/C24H20N2O4.ClH/c25-21(24(28)29)14-16-7-11-18(12-8-16)30-17-9-5-15(6-10-17)13-20-19-3-1-2-4-22(19)26-23(20)27;/h1-13,21H,14,25H2,(H,26,27)(H,28,29);1H/b20-13-;. The normalized spacial score (nSPS) is 14.4. The van der Waals surface area contributed by atoms with Crippen molar-refractivity contribution in [1.82, 2.24) is 0 Å². The number of carboxylic acid groups (broad SMARTS) is 1. The Kier molecular flexibility index (Phi) is 6.74. The summed E-state index contributed by atoms with van der Waals surface area (Å²) in [5.74, 6) is 0.157. The maximum Gasteiger partial charge on any atom is 0.320 e. The highest BCUT2D eigenvalue weighted by atomic mass is 35.5. The second-order valence-corrected chi connectivity index (χ2v) is 7.02. The fraction of sp³-hybridized carbons (Fsp3) is 0.0833. The summed E-state index contributed by atoms with van der Waals surface area (Å²) in [6.07, 6.45) is 2.11. The summed E-state index contributed by atoms with van der Waals surface area (Å²) in [6.45, 7) is 0. The molecule has 0 bridgehead atoms. The van der Waals surface area contributed by atoms with Gasteiger partial charge in [0.2, 0.25) is 0 Å². The number of amides is 1. The van der Waals surface area contributed by atoms with Crippen LogP contribution in [0.25, 0.3) is 11.6 Å². The Morgan fingerprint density at radius 1 is 1.00 bits per heavy atom. The fourth-order valence-electron chi connectivity index (χ4n) is 3.25. The number of benzene rings is 3. The van der Waals surface area contributed by atoms with E-state index in [1.807, 2.05) is 54.6 Å². The van der Waals surface area contributed by atoms with Gasteiger partial charge in [0, 0.05) is 16.8 Å². The van der Waals surface area contributed by atoms with Crippen LogP contribution in [0.1, 0.15) is 16.7 Å². The molecule has 1 atom stereocenters. The number of carboxylic acids is 1. The van der Waals surface area contributed by atoms with Crippen LogP contribution in [0, 0.1) is 0 Å². The van der Waals surface area contributed by atoms with Gasteiger partial charge in [0.25, 0.3) is 5.91 Å². The van der Waals surface area contributed by atoms with Gasteiger partial charge < -0.3 is 20.9 Å². The molecule has 1 unspecified atom stereocenters. The number of hydrogen-bond acceptors (Lipinski definition) is 4. The van der Waals surface area contributed by atoms with E-state index in [4.69, 9.17) is 15.6 Å². The van der Waals surface area contributed by atoms with Gasteiger partial charge in [-0.25, -0.2) is 0 Å². The maximum absolute atomic E-state index is 12.2. The molecule has 0 saturated heterocycles. The number of carbonyl (C=O) groups excluding carboxylic acids is 1. The molecule has 3 aromatic carbocycles. The van der Waals surface area contributed by atoms with Crippen LogP contribution in [-0.4, -0.2) is 23.0 Å². The predicted octanol–water partition coefficient (Wildman–Crippen LogP) is 4.35. The van der Waals surface area contributed by atoms with Crippen LogP contribution in [-0.2, 0) is 16.0 Å². The van der Waals surface area contributed by atoms with Crippen molar-refractivity contribution in [3.63, 3.8) is 0 Å². The molecule has 0 spiro atoms. The van der Waals surface area contributed by atoms with Crippen molar-refractivity contribution < 1.29 is 19.4 Å². The Morgan fingerprint density at radius 3 is 2.26 bits per heavy atom. The van der Waals surface area contributed by atoms with Crippen LogP contribution in [0.4, 0.5) is 5.69 Å². The van der Waals surface area contributed by atoms with E-state index in [0.717, 1.165) is 22.4 Å². The lowest BCUT2D eigenvalue weighted by atomic mass is 10.0. The minimum absolute atomic E-state index is 0. The van der Waals surface area contributed by atoms with Crippen LogP contribution in [0.5, 0.6) is 11.5 Å². The first-order valence-electron chi connectivity index (χ1n) is 9.47. The number of fused-ring (bicyclic) bond motifs is 1. The van der Waals surface area contributed by atoms with E-state index in [2.05, 4.69) is 5.32 Å². The van der Waals surface area contributed by atoms with Gasteiger partial charge in [-0.3, -0.25) is 9.59 Å². The van der Waals surface area contributed by atoms with E-state index in [0.29, 0.717) is 17.1 Å². The first-order valence-corrected chi connectivity index (χ1v) is 9.47. The van der Waals surface area contributed by atoms with Crippen molar-refractivity contribution in [1.29, 1.82) is 0 Å². The summed E-state index contributed by atoms with van der Waals surface area (Å²) in [6, 6.07) is 21.3. The number of halogens is 1. The second-order valence-electron chi connectivity index (χ2n) is 7.02. The molecule has 0 aromatic heterocycles. The van der Waals surface area contributed by atoms with Crippen molar-refractivity contribution in [2.24, 2.45) is 5.73 Å². The average Bonchev–Trinajstić information content (AvgIpc) is 3.06. The van der Waals surface area contributed by atoms with E-state index in [1.165, 1.54) is 0 Å². The molecule has 1 heterocycles. The summed E-state index contributed by atoms with van der Waals surface area (Å²) >= 11 is 0. The summed E-state index contributed by atoms with van der Waals surface area (Å²) in [5.41, 5.74) is 9.62. The van der Waals surface area contributed by atoms with Crippen LogP contribution < -0.4 is 15.8 Å². The van der Waals surface area contributed by atoms with Crippen LogP contribution in [0.3, 0.4) is 0 Å². The zero-order chi connectivity index (χ0) is 21.1. The number of nitrogens with two attached hydrogens (primary N) is 1. The zero-order valence-corrected chi connectivity index (χ0v) is 17.3. The molecule has 6 nitrogen and oxygen atoms in total. The largest absolute Gasteiger partial charge is 0.480 e. The van der Waals surface area contributed by atoms with Crippen molar-refractivity contribution in [3.05, 3.63) is 89.5 Å². The van der Waals surface area contributed by atoms with Crippen LogP contribution in [0.2, 0.25) is 0 Å². The molecular formula is C24H21ClN2O4. The number of nitrogens with one attached hydrogen (secondary N) is 1. The number of anilines is 1. The molecule has 0 saturated carbocycles. The number of carbonyl (C=O) groups is 2. The van der Waals surface area contributed by atoms with E-state index in [1.54, 1.807) is 24.3 Å². The molecule has 31 heavy (non-hydrogen) atoms. The first-order chi connectivity index (χ1) is 14.5. The molecule has 7 heteroatoms. The number of ether oxygens (including phenoxy) is 1. The molecule has 0 fully saturated rings. The summed E-state index contributed by atoms with van der Waals surface area (Å²) in [4.78, 5) is 23.1. The molecular weight excluding hydrogens is 416 g/mol. The van der Waals surface area contributed by atoms with E-state index >= 15 is 0 Å². The van der Waals surface area contributed by atoms with E-state index in [-0.39, 0.29) is 24.7 Å². The third-order valence-electron chi connectivity index (χ3n) is 4.83. The van der Waals surface area contributed by atoms with Gasteiger partial charge in [-0.15, -0.1) is 12.4 Å². The van der Waals surface area contributed by atoms with Crippen molar-refractivity contribution in [2.75, 3.05) is 5.32 Å². The molecule has 0 aliphatic carbocycles. The van der Waals surface area contributed by atoms with Crippen molar-refractivity contribution in [2.45, 2.75) is 12.5 Å². The maximum atomic E-state index is 12.2. The molecule has 4 rings (SSSR count). The minimum Gasteiger partial charge on any atom is -0.480 e. The summed E-state index contributed by atoms with van der Waals surface area (Å²) in [5, 5.41) is 11.8. The van der Waals surface area contributed by atoms with Gasteiger partial charge in [0.1, 0.15) is 17.5 Å². The lowest BCUT2D eigenvalue weighted by Crippen LogP contribution is -2.32. The lowest BCUT2D eigenvalue weighted by molar-refractivity contribution is -0.138. The number of rotatable bonds is 6. The molecule has 1 aliphatic heterocycles. The number of hydrogen-bond donors (Lipinski definition) is 3. The van der Waals surface area contributed by atoms with Crippen LogP contribution >= 0.6 is 12.4 Å². The smallest absolute Gasteiger partial charge is 0.320 e. The van der Waals surface area contributed by atoms with Gasteiger partial charge in [0.05, 0.1) is 0 Å². The Balaban J connectivity index is 0.00000272. The Labute approximate surface area is 185 Å². The Hall–Kier alpha value is -3.61. The van der Waals surface area contributed by atoms with Crippen LogP contribution in [0.15, 0.2) is 72.8 Å². The van der Waals surface area contributed by atoms with Gasteiger partial charge in [-0.2, -0.15) is 0 Å². The van der Waals surface area contributed by atoms with Gasteiger partial charge in [-0.1, -0.05) is 42.5 Å². The molecule has 0 radical (unpaired) electrons. The highest BCUT2D eigenvalue weighted by molar-refractivity contribution is 6.34. The molecule has 1 amide bonds. The van der Waals surface area contributed by atoms with Gasteiger partial charge >= 0.3 is 5.97 Å². The zero-order valence-electron chi connectivity index (χ0n) is 16.4. The molecule has 3 aromatic rings. The molecule has 4 N–H and O–H groups in total. The minimum atomic E-state index is -1.02. The Morgan fingerprint density at radius 2 is 1.61 bits per heavy atom. The molecule has 1 aliphatic rings. The number of para-hydroxylation sites is 1. The number of aliphatic carboxylic acids is 1. The topological polar surface area (TPSA) is 102 Å². The van der Waals surface area contributed by atoms with Crippen molar-refractivity contribution >= 4 is 41.6 Å². The van der Waals surface area contributed by atoms with Crippen molar-refractivity contribution in [3.8, 4) is 11.5 Å². The SMILES string of the molecule is Cl.NC(Cc1ccc(Oc2ccc(/C=C3\C(=O)Nc4ccccc43)cc2)cc1)C(=O)O. The monoisotopic (exact) mass is 436 g/mol. The van der Waals surface area contributed by atoms with Gasteiger partial charge in [-0.05, 0) is 54.0 Å². The predicted molar refractivity (Wildman–Crippen MR) is 122 cm³/mol.